The van der Waals surface area contributed by atoms with Gasteiger partial charge in [-0.1, -0.05) is 29.3 Å². The molecule has 2 amide bonds. The van der Waals surface area contributed by atoms with E-state index in [0.717, 1.165) is 4.90 Å². The molecule has 3 rings (SSSR count). The van der Waals surface area contributed by atoms with Crippen LogP contribution in [0.3, 0.4) is 0 Å². The van der Waals surface area contributed by atoms with Crippen molar-refractivity contribution in [1.82, 2.24) is 4.90 Å². The average Bonchev–Trinajstić information content (AvgIpc) is 2.92. The van der Waals surface area contributed by atoms with Gasteiger partial charge < -0.3 is 10.0 Å². The number of rotatable bonds is 5. The third kappa shape index (κ3) is 3.48. The number of anilines is 1. The molecular formula is C20H15Cl2N3O3. The largest absolute Gasteiger partial charge is 0.395 e. The molecule has 0 bridgehead atoms. The Hall–Kier alpha value is -2.85. The van der Waals surface area contributed by atoms with E-state index in [2.05, 4.69) is 0 Å². The van der Waals surface area contributed by atoms with Crippen LogP contribution in [0.5, 0.6) is 0 Å². The highest BCUT2D eigenvalue weighted by Crippen LogP contribution is 2.37. The van der Waals surface area contributed by atoms with Gasteiger partial charge in [-0.15, -0.1) is 0 Å². The maximum absolute atomic E-state index is 13.2. The van der Waals surface area contributed by atoms with Crippen molar-refractivity contribution < 1.29 is 14.7 Å². The number of nitriles is 1. The first kappa shape index (κ1) is 19.9. The topological polar surface area (TPSA) is 84.6 Å². The number of benzene rings is 2. The number of hydrogen-bond donors (Lipinski definition) is 1. The molecule has 0 fully saturated rings. The smallest absolute Gasteiger partial charge is 0.282 e. The van der Waals surface area contributed by atoms with Crippen molar-refractivity contribution in [2.24, 2.45) is 0 Å². The number of amides is 2. The van der Waals surface area contributed by atoms with Crippen molar-refractivity contribution in [3.8, 4) is 6.07 Å². The predicted octanol–water partition coefficient (Wildman–Crippen LogP) is 3.07. The molecule has 1 N–H and O–H groups in total. The van der Waals surface area contributed by atoms with E-state index in [1.165, 1.54) is 35.2 Å². The summed E-state index contributed by atoms with van der Waals surface area (Å²) in [6.07, 6.45) is 0. The normalized spacial score (nSPS) is 13.9. The monoisotopic (exact) mass is 415 g/mol. The lowest BCUT2D eigenvalue weighted by Crippen LogP contribution is -2.34. The zero-order valence-electron chi connectivity index (χ0n) is 14.8. The number of carbonyl (C=O) groups excluding carboxylic acids is 2. The second-order valence-electron chi connectivity index (χ2n) is 6.10. The van der Waals surface area contributed by atoms with Gasteiger partial charge in [0.25, 0.3) is 11.8 Å². The van der Waals surface area contributed by atoms with Crippen molar-refractivity contribution >= 4 is 46.3 Å². The lowest BCUT2D eigenvalue weighted by Gasteiger charge is -2.20. The molecule has 28 heavy (non-hydrogen) atoms. The van der Waals surface area contributed by atoms with Crippen molar-refractivity contribution in [3.63, 3.8) is 0 Å². The molecule has 0 spiro atoms. The molecule has 1 heterocycles. The molecule has 2 aromatic carbocycles. The van der Waals surface area contributed by atoms with Gasteiger partial charge >= 0.3 is 0 Å². The molecule has 0 aliphatic carbocycles. The van der Waals surface area contributed by atoms with E-state index in [4.69, 9.17) is 28.5 Å². The van der Waals surface area contributed by atoms with E-state index in [1.807, 2.05) is 6.07 Å². The molecule has 0 unspecified atom stereocenters. The molecule has 2 aromatic rings. The molecule has 8 heteroatoms. The summed E-state index contributed by atoms with van der Waals surface area (Å²) in [5.74, 6) is -1.08. The summed E-state index contributed by atoms with van der Waals surface area (Å²) in [7, 11) is 1.61. The van der Waals surface area contributed by atoms with Crippen LogP contribution in [0.4, 0.5) is 5.69 Å². The SMILES string of the molecule is CN(CCO)C1=C(c2ccc(Cl)cc2Cl)C(=O)N(c2ccc(C#N)cc2)C1=O. The number of likely N-dealkylation sites (N-methyl/N-ethyl adjacent to an activating group) is 1. The Kier molecular flexibility index (Phi) is 5.71. The van der Waals surface area contributed by atoms with Gasteiger partial charge in [0.1, 0.15) is 5.70 Å². The highest BCUT2D eigenvalue weighted by Gasteiger charge is 2.42. The minimum absolute atomic E-state index is 0.131. The predicted molar refractivity (Wildman–Crippen MR) is 107 cm³/mol. The van der Waals surface area contributed by atoms with Gasteiger partial charge in [-0.05, 0) is 36.4 Å². The summed E-state index contributed by atoms with van der Waals surface area (Å²) < 4.78 is 0. The van der Waals surface area contributed by atoms with Crippen molar-refractivity contribution in [2.75, 3.05) is 25.1 Å². The van der Waals surface area contributed by atoms with Crippen LogP contribution in [0, 0.1) is 11.3 Å². The van der Waals surface area contributed by atoms with E-state index < -0.39 is 11.8 Å². The highest BCUT2D eigenvalue weighted by molar-refractivity contribution is 6.47. The first-order valence-corrected chi connectivity index (χ1v) is 9.05. The van der Waals surface area contributed by atoms with Crippen molar-refractivity contribution in [1.29, 1.82) is 5.26 Å². The zero-order valence-corrected chi connectivity index (χ0v) is 16.3. The Balaban J connectivity index is 2.15. The Morgan fingerprint density at radius 1 is 1.11 bits per heavy atom. The molecule has 6 nitrogen and oxygen atoms in total. The van der Waals surface area contributed by atoms with Crippen LogP contribution >= 0.6 is 23.2 Å². The molecule has 1 aliphatic heterocycles. The van der Waals surface area contributed by atoms with Gasteiger partial charge in [-0.2, -0.15) is 5.26 Å². The van der Waals surface area contributed by atoms with Crippen LogP contribution < -0.4 is 4.90 Å². The number of aliphatic hydroxyl groups excluding tert-OH is 1. The van der Waals surface area contributed by atoms with Gasteiger partial charge in [0.05, 0.1) is 34.5 Å². The maximum atomic E-state index is 13.2. The lowest BCUT2D eigenvalue weighted by atomic mass is 10.0. The van der Waals surface area contributed by atoms with Crippen LogP contribution in [0.15, 0.2) is 48.2 Å². The number of halogens is 2. The third-order valence-corrected chi connectivity index (χ3v) is 4.88. The highest BCUT2D eigenvalue weighted by atomic mass is 35.5. The second kappa shape index (κ2) is 8.03. The molecule has 0 aromatic heterocycles. The Bertz CT molecular complexity index is 1030. The van der Waals surface area contributed by atoms with Crippen molar-refractivity contribution in [2.45, 2.75) is 0 Å². The Labute approximate surface area is 171 Å². The quantitative estimate of drug-likeness (QED) is 0.758. The molecule has 142 valence electrons. The number of imide groups is 1. The summed E-state index contributed by atoms with van der Waals surface area (Å²) in [5.41, 5.74) is 1.39. The first-order chi connectivity index (χ1) is 13.4. The fraction of sp³-hybridized carbons (Fsp3) is 0.150. The average molecular weight is 416 g/mol. The van der Waals surface area contributed by atoms with E-state index >= 15 is 0 Å². The molecule has 0 radical (unpaired) electrons. The van der Waals surface area contributed by atoms with Crippen LogP contribution in [0.1, 0.15) is 11.1 Å². The van der Waals surface area contributed by atoms with Gasteiger partial charge in [0, 0.05) is 24.2 Å². The lowest BCUT2D eigenvalue weighted by molar-refractivity contribution is -0.120. The number of carbonyl (C=O) groups is 2. The minimum Gasteiger partial charge on any atom is -0.395 e. The summed E-state index contributed by atoms with van der Waals surface area (Å²) in [4.78, 5) is 28.9. The number of hydrogen-bond acceptors (Lipinski definition) is 5. The summed E-state index contributed by atoms with van der Waals surface area (Å²) in [5, 5.41) is 18.9. The number of aliphatic hydroxyl groups is 1. The third-order valence-electron chi connectivity index (χ3n) is 4.33. The van der Waals surface area contributed by atoms with Crippen LogP contribution in [-0.4, -0.2) is 42.0 Å². The van der Waals surface area contributed by atoms with Gasteiger partial charge in [0.2, 0.25) is 0 Å². The molecular weight excluding hydrogens is 401 g/mol. The Morgan fingerprint density at radius 3 is 2.36 bits per heavy atom. The van der Waals surface area contributed by atoms with Crippen LogP contribution in [0.25, 0.3) is 5.57 Å². The fourth-order valence-corrected chi connectivity index (χ4v) is 3.49. The molecule has 0 saturated carbocycles. The van der Waals surface area contributed by atoms with Gasteiger partial charge in [-0.25, -0.2) is 4.90 Å². The second-order valence-corrected chi connectivity index (χ2v) is 6.94. The van der Waals surface area contributed by atoms with E-state index in [9.17, 15) is 14.7 Å². The standard InChI is InChI=1S/C20H15Cl2N3O3/c1-24(8-9-26)18-17(15-7-4-13(21)10-16(15)22)19(27)25(20(18)28)14-5-2-12(11-23)3-6-14/h2-7,10,26H,8-9H2,1H3. The van der Waals surface area contributed by atoms with Crippen LogP contribution in [0.2, 0.25) is 10.0 Å². The fourth-order valence-electron chi connectivity index (χ4n) is 2.99. The van der Waals surface area contributed by atoms with Gasteiger partial charge in [-0.3, -0.25) is 9.59 Å². The van der Waals surface area contributed by atoms with E-state index in [-0.39, 0.29) is 29.4 Å². The molecule has 0 saturated heterocycles. The number of nitrogens with zero attached hydrogens (tertiary/aromatic N) is 3. The summed E-state index contributed by atoms with van der Waals surface area (Å²) in [6, 6.07) is 12.8. The maximum Gasteiger partial charge on any atom is 0.282 e. The first-order valence-electron chi connectivity index (χ1n) is 8.29. The molecule has 1 aliphatic rings. The van der Waals surface area contributed by atoms with Gasteiger partial charge in [0.15, 0.2) is 0 Å². The minimum atomic E-state index is -0.543. The summed E-state index contributed by atoms with van der Waals surface area (Å²) >= 11 is 12.3. The zero-order chi connectivity index (χ0) is 20.4. The van der Waals surface area contributed by atoms with Crippen LogP contribution in [-0.2, 0) is 9.59 Å². The van der Waals surface area contributed by atoms with E-state index in [1.54, 1.807) is 19.2 Å². The Morgan fingerprint density at radius 2 is 1.79 bits per heavy atom. The van der Waals surface area contributed by atoms with E-state index in [0.29, 0.717) is 21.8 Å². The van der Waals surface area contributed by atoms with Crippen molar-refractivity contribution in [3.05, 3.63) is 69.3 Å². The molecule has 0 atom stereocenters. The summed E-state index contributed by atoms with van der Waals surface area (Å²) in [6.45, 7) is -0.0375.